The van der Waals surface area contributed by atoms with E-state index in [2.05, 4.69) is 31.9 Å². The molecule has 0 saturated heterocycles. The van der Waals surface area contributed by atoms with E-state index < -0.39 is 27.8 Å². The van der Waals surface area contributed by atoms with Gasteiger partial charge in [-0.05, 0) is 28.1 Å². The number of hydrogen-bond donors (Lipinski definition) is 0. The summed E-state index contributed by atoms with van der Waals surface area (Å²) in [7, 11) is 0. The van der Waals surface area contributed by atoms with E-state index in [0.717, 1.165) is 6.07 Å². The molecule has 1 aromatic carbocycles. The number of benzene rings is 1. The van der Waals surface area contributed by atoms with E-state index in [1.807, 2.05) is 0 Å². The predicted octanol–water partition coefficient (Wildman–Crippen LogP) is 4.18. The quantitative estimate of drug-likeness (QED) is 0.437. The highest BCUT2D eigenvalue weighted by Gasteiger charge is 2.37. The minimum Gasteiger partial charge on any atom is -0.293 e. The molecule has 0 aliphatic carbocycles. The summed E-state index contributed by atoms with van der Waals surface area (Å²) in [5, 5.41) is -0.130. The van der Waals surface area contributed by atoms with Crippen LogP contribution >= 0.6 is 31.9 Å². The van der Waals surface area contributed by atoms with Gasteiger partial charge in [0, 0.05) is 10.0 Å². The predicted molar refractivity (Wildman–Crippen MR) is 57.2 cm³/mol. The van der Waals surface area contributed by atoms with Gasteiger partial charge in [-0.25, -0.2) is 4.39 Å². The molecule has 0 N–H and O–H groups in total. The molecule has 0 atom stereocenters. The molecule has 1 rings (SSSR count). The third-order valence-corrected chi connectivity index (χ3v) is 3.13. The van der Waals surface area contributed by atoms with Crippen molar-refractivity contribution in [2.45, 2.75) is 6.18 Å². The topological polar surface area (TPSA) is 17.1 Å². The first-order valence-corrected chi connectivity index (χ1v) is 5.85. The van der Waals surface area contributed by atoms with E-state index >= 15 is 0 Å². The third kappa shape index (κ3) is 2.63. The number of carbonyl (C=O) groups excluding carboxylic acids is 1. The van der Waals surface area contributed by atoms with E-state index in [-0.39, 0.29) is 10.9 Å². The number of hydrogen-bond acceptors (Lipinski definition) is 1. The van der Waals surface area contributed by atoms with Gasteiger partial charge in [-0.3, -0.25) is 4.79 Å². The highest BCUT2D eigenvalue weighted by molar-refractivity contribution is 9.10. The molecule has 7 heteroatoms. The van der Waals surface area contributed by atoms with Crippen LogP contribution in [0.5, 0.6) is 0 Å². The molecule has 0 saturated carbocycles. The second kappa shape index (κ2) is 4.83. The van der Waals surface area contributed by atoms with Gasteiger partial charge in [-0.2, -0.15) is 13.2 Å². The lowest BCUT2D eigenvalue weighted by Crippen LogP contribution is -2.13. The summed E-state index contributed by atoms with van der Waals surface area (Å²) in [6.45, 7) is 0. The number of halogens is 6. The number of ketones is 1. The summed E-state index contributed by atoms with van der Waals surface area (Å²) >= 11 is 5.44. The zero-order valence-electron chi connectivity index (χ0n) is 7.54. The van der Waals surface area contributed by atoms with Crippen LogP contribution in [0.25, 0.3) is 0 Å². The molecule has 1 aromatic rings. The first kappa shape index (κ1) is 13.6. The van der Waals surface area contributed by atoms with E-state index in [0.29, 0.717) is 6.07 Å². The highest BCUT2D eigenvalue weighted by Crippen LogP contribution is 2.38. The lowest BCUT2D eigenvalue weighted by molar-refractivity contribution is -0.140. The van der Waals surface area contributed by atoms with Crippen LogP contribution in [0.3, 0.4) is 0 Å². The van der Waals surface area contributed by atoms with Gasteiger partial charge in [0.05, 0.1) is 5.33 Å². The maximum atomic E-state index is 13.0. The first-order valence-electron chi connectivity index (χ1n) is 3.93. The van der Waals surface area contributed by atoms with Crippen LogP contribution in [0.1, 0.15) is 15.9 Å². The molecule has 16 heavy (non-hydrogen) atoms. The molecule has 0 fully saturated rings. The Labute approximate surface area is 105 Å². The Balaban J connectivity index is 3.45. The van der Waals surface area contributed by atoms with Crippen LogP contribution < -0.4 is 0 Å². The van der Waals surface area contributed by atoms with Crippen LogP contribution in [-0.4, -0.2) is 11.1 Å². The van der Waals surface area contributed by atoms with Crippen molar-refractivity contribution in [1.82, 2.24) is 0 Å². The average Bonchev–Trinajstić information content (AvgIpc) is 2.14. The van der Waals surface area contributed by atoms with Gasteiger partial charge in [-0.15, -0.1) is 0 Å². The molecule has 0 aliphatic rings. The lowest BCUT2D eigenvalue weighted by Gasteiger charge is -2.12. The van der Waals surface area contributed by atoms with Crippen LogP contribution in [-0.2, 0) is 6.18 Å². The monoisotopic (exact) mass is 362 g/mol. The summed E-state index contributed by atoms with van der Waals surface area (Å²) in [4.78, 5) is 11.3. The fourth-order valence-electron chi connectivity index (χ4n) is 1.10. The summed E-state index contributed by atoms with van der Waals surface area (Å²) in [6.07, 6.45) is -4.84. The van der Waals surface area contributed by atoms with Gasteiger partial charge in [0.2, 0.25) is 0 Å². The molecular formula is C9H4Br2F4O. The van der Waals surface area contributed by atoms with Crippen LogP contribution in [0.15, 0.2) is 16.6 Å². The molecule has 0 radical (unpaired) electrons. The molecule has 0 aromatic heterocycles. The Morgan fingerprint density at radius 2 is 1.88 bits per heavy atom. The molecular weight excluding hydrogens is 360 g/mol. The zero-order chi connectivity index (χ0) is 12.5. The van der Waals surface area contributed by atoms with Gasteiger partial charge in [0.1, 0.15) is 11.4 Å². The number of rotatable bonds is 2. The van der Waals surface area contributed by atoms with Gasteiger partial charge in [-0.1, -0.05) is 15.9 Å². The minimum absolute atomic E-state index is 0.130. The van der Waals surface area contributed by atoms with Gasteiger partial charge in [0.15, 0.2) is 5.78 Å². The summed E-state index contributed by atoms with van der Waals surface area (Å²) in [5.41, 5.74) is -1.66. The van der Waals surface area contributed by atoms with Gasteiger partial charge < -0.3 is 0 Å². The molecule has 0 bridgehead atoms. The largest absolute Gasteiger partial charge is 0.420 e. The minimum atomic E-state index is -4.84. The van der Waals surface area contributed by atoms with E-state index in [9.17, 15) is 22.4 Å². The maximum Gasteiger partial charge on any atom is 0.420 e. The van der Waals surface area contributed by atoms with Crippen LogP contribution in [0.4, 0.5) is 17.6 Å². The Hall–Kier alpha value is -0.430. The number of carbonyl (C=O) groups is 1. The molecule has 1 nitrogen and oxygen atoms in total. The normalized spacial score (nSPS) is 11.6. The van der Waals surface area contributed by atoms with Crippen molar-refractivity contribution in [2.75, 3.05) is 5.33 Å². The molecule has 88 valence electrons. The van der Waals surface area contributed by atoms with Crippen molar-refractivity contribution in [2.24, 2.45) is 0 Å². The Kier molecular flexibility index (Phi) is 4.12. The zero-order valence-corrected chi connectivity index (χ0v) is 10.7. The SMILES string of the molecule is O=C(CBr)c1ccc(F)c(C(F)(F)F)c1Br. The van der Waals surface area contributed by atoms with Crippen molar-refractivity contribution in [3.63, 3.8) is 0 Å². The second-order valence-electron chi connectivity index (χ2n) is 2.84. The highest BCUT2D eigenvalue weighted by atomic mass is 79.9. The molecule has 0 amide bonds. The molecule has 0 heterocycles. The van der Waals surface area contributed by atoms with Crippen molar-refractivity contribution in [3.8, 4) is 0 Å². The summed E-state index contributed by atoms with van der Waals surface area (Å²) < 4.78 is 49.8. The van der Waals surface area contributed by atoms with E-state index in [1.54, 1.807) is 0 Å². The fourth-order valence-corrected chi connectivity index (χ4v) is 2.17. The van der Waals surface area contributed by atoms with E-state index in [4.69, 9.17) is 0 Å². The molecule has 0 spiro atoms. The second-order valence-corrected chi connectivity index (χ2v) is 4.19. The molecule has 0 unspecified atom stereocenters. The summed E-state index contributed by atoms with van der Waals surface area (Å²) in [5.74, 6) is -1.97. The maximum absolute atomic E-state index is 13.0. The lowest BCUT2D eigenvalue weighted by atomic mass is 10.1. The standard InChI is InChI=1S/C9H4Br2F4O/c10-3-6(16)4-1-2-5(12)7(8(4)11)9(13,14)15/h1-2H,3H2. The summed E-state index contributed by atoms with van der Waals surface area (Å²) in [6, 6.07) is 1.64. The van der Waals surface area contributed by atoms with E-state index in [1.165, 1.54) is 0 Å². The molecule has 0 aliphatic heterocycles. The Morgan fingerprint density at radius 1 is 1.31 bits per heavy atom. The number of alkyl halides is 4. The smallest absolute Gasteiger partial charge is 0.293 e. The Bertz CT molecular complexity index is 428. The first-order chi connectivity index (χ1) is 7.29. The van der Waals surface area contributed by atoms with Crippen LogP contribution in [0, 0.1) is 5.82 Å². The van der Waals surface area contributed by atoms with Crippen molar-refractivity contribution in [3.05, 3.63) is 33.5 Å². The average molecular weight is 364 g/mol. The van der Waals surface area contributed by atoms with Crippen molar-refractivity contribution in [1.29, 1.82) is 0 Å². The van der Waals surface area contributed by atoms with Gasteiger partial charge >= 0.3 is 6.18 Å². The Morgan fingerprint density at radius 3 is 2.31 bits per heavy atom. The van der Waals surface area contributed by atoms with Crippen molar-refractivity contribution >= 4 is 37.6 Å². The van der Waals surface area contributed by atoms with Crippen molar-refractivity contribution < 1.29 is 22.4 Å². The van der Waals surface area contributed by atoms with Crippen LogP contribution in [0.2, 0.25) is 0 Å². The van der Waals surface area contributed by atoms with Gasteiger partial charge in [0.25, 0.3) is 0 Å². The number of Topliss-reactive ketones (excluding diaryl/α,β-unsaturated/α-hetero) is 1. The third-order valence-electron chi connectivity index (χ3n) is 1.80. The fraction of sp³-hybridized carbons (Fsp3) is 0.222.